The Bertz CT molecular complexity index is 1030. The number of hydrogen-bond acceptors (Lipinski definition) is 4. The number of rotatable bonds is 8. The van der Waals surface area contributed by atoms with Gasteiger partial charge in [-0.3, -0.25) is 0 Å². The molecular formula is C24H23F6NO5. The maximum absolute atomic E-state index is 13.0. The fourth-order valence-electron chi connectivity index (χ4n) is 2.72. The van der Waals surface area contributed by atoms with Gasteiger partial charge >= 0.3 is 24.3 Å². The van der Waals surface area contributed by atoms with Gasteiger partial charge in [-0.2, -0.15) is 26.3 Å². The molecule has 0 aliphatic heterocycles. The van der Waals surface area contributed by atoms with Crippen LogP contribution >= 0.6 is 0 Å². The SMILES string of the molecule is C=C[C@@](N)(COC(C)c1cc(C(F)(F)F)cc(C(F)(F)F)c1)c1ccccc1.O=C(O)C=CC(=O)O. The van der Waals surface area contributed by atoms with Crippen molar-refractivity contribution in [2.75, 3.05) is 6.61 Å². The van der Waals surface area contributed by atoms with Crippen LogP contribution in [0.15, 0.2) is 73.3 Å². The van der Waals surface area contributed by atoms with Crippen LogP contribution in [0.2, 0.25) is 0 Å². The summed E-state index contributed by atoms with van der Waals surface area (Å²) in [6.07, 6.45) is -8.36. The molecule has 6 nitrogen and oxygen atoms in total. The third-order valence-electron chi connectivity index (χ3n) is 4.70. The third-order valence-corrected chi connectivity index (χ3v) is 4.70. The Kier molecular flexibility index (Phi) is 10.4. The molecule has 0 bridgehead atoms. The van der Waals surface area contributed by atoms with E-state index in [4.69, 9.17) is 20.7 Å². The average Bonchev–Trinajstić information content (AvgIpc) is 2.80. The maximum atomic E-state index is 13.0. The Morgan fingerprint density at radius 3 is 1.72 bits per heavy atom. The minimum absolute atomic E-state index is 0.0805. The van der Waals surface area contributed by atoms with Crippen molar-refractivity contribution in [1.29, 1.82) is 0 Å². The smallest absolute Gasteiger partial charge is 0.416 e. The van der Waals surface area contributed by atoms with Gasteiger partial charge in [-0.15, -0.1) is 6.58 Å². The number of nitrogens with two attached hydrogens (primary N) is 1. The maximum Gasteiger partial charge on any atom is 0.416 e. The van der Waals surface area contributed by atoms with E-state index in [1.165, 1.54) is 13.0 Å². The van der Waals surface area contributed by atoms with Crippen LogP contribution in [0.1, 0.15) is 35.3 Å². The van der Waals surface area contributed by atoms with Crippen LogP contribution in [-0.4, -0.2) is 28.8 Å². The molecule has 0 spiro atoms. The van der Waals surface area contributed by atoms with Crippen molar-refractivity contribution in [3.63, 3.8) is 0 Å². The first-order chi connectivity index (χ1) is 16.5. The monoisotopic (exact) mass is 519 g/mol. The zero-order valence-corrected chi connectivity index (χ0v) is 18.8. The molecule has 0 fully saturated rings. The van der Waals surface area contributed by atoms with E-state index in [9.17, 15) is 35.9 Å². The Morgan fingerprint density at radius 2 is 1.36 bits per heavy atom. The van der Waals surface area contributed by atoms with Crippen molar-refractivity contribution in [3.8, 4) is 0 Å². The van der Waals surface area contributed by atoms with Gasteiger partial charge in [0.05, 0.1) is 29.4 Å². The van der Waals surface area contributed by atoms with Gasteiger partial charge < -0.3 is 20.7 Å². The number of hydrogen-bond donors (Lipinski definition) is 3. The molecule has 2 aromatic rings. The van der Waals surface area contributed by atoms with Crippen molar-refractivity contribution < 1.29 is 50.9 Å². The highest BCUT2D eigenvalue weighted by atomic mass is 19.4. The molecule has 0 saturated heterocycles. The van der Waals surface area contributed by atoms with Crippen LogP contribution < -0.4 is 5.73 Å². The Balaban J connectivity index is 0.000000697. The molecule has 12 heteroatoms. The molecule has 36 heavy (non-hydrogen) atoms. The summed E-state index contributed by atoms with van der Waals surface area (Å²) < 4.78 is 83.6. The van der Waals surface area contributed by atoms with Gasteiger partial charge in [-0.25, -0.2) is 9.59 Å². The van der Waals surface area contributed by atoms with Crippen LogP contribution in [0.5, 0.6) is 0 Å². The number of carbonyl (C=O) groups is 2. The zero-order chi connectivity index (χ0) is 27.7. The van der Waals surface area contributed by atoms with Crippen molar-refractivity contribution in [2.45, 2.75) is 30.9 Å². The molecule has 2 rings (SSSR count). The summed E-state index contributed by atoms with van der Waals surface area (Å²) >= 11 is 0. The highest BCUT2D eigenvalue weighted by molar-refractivity contribution is 5.89. The highest BCUT2D eigenvalue weighted by Crippen LogP contribution is 2.38. The molecule has 0 saturated carbocycles. The standard InChI is InChI=1S/C20H19F6NO.C4H4O4/c1-3-18(27,15-7-5-4-6-8-15)12-28-13(2)14-9-16(19(21,22)23)11-17(10-14)20(24,25)26;5-3(6)1-2-4(7)8/h3-11,13H,1,12,27H2,2H3;1-2H,(H,5,6)(H,7,8)/t13?,18-;/m1./s1. The zero-order valence-electron chi connectivity index (χ0n) is 18.8. The predicted octanol–water partition coefficient (Wildman–Crippen LogP) is 5.55. The van der Waals surface area contributed by atoms with Crippen LogP contribution in [0.25, 0.3) is 0 Å². The van der Waals surface area contributed by atoms with E-state index in [-0.39, 0.29) is 18.2 Å². The lowest BCUT2D eigenvalue weighted by atomic mass is 9.92. The Labute approximate surface area is 202 Å². The normalized spacial score (nSPS) is 14.3. The fraction of sp³-hybridized carbons (Fsp3) is 0.250. The molecule has 0 radical (unpaired) electrons. The lowest BCUT2D eigenvalue weighted by molar-refractivity contribution is -0.143. The van der Waals surface area contributed by atoms with Crippen LogP contribution in [0.4, 0.5) is 26.3 Å². The van der Waals surface area contributed by atoms with E-state index in [2.05, 4.69) is 6.58 Å². The molecule has 196 valence electrons. The van der Waals surface area contributed by atoms with E-state index >= 15 is 0 Å². The Morgan fingerprint density at radius 1 is 0.917 bits per heavy atom. The molecule has 1 unspecified atom stereocenters. The lowest BCUT2D eigenvalue weighted by Gasteiger charge is -2.28. The van der Waals surface area contributed by atoms with Gasteiger partial charge in [0.1, 0.15) is 0 Å². The molecule has 2 aromatic carbocycles. The third kappa shape index (κ3) is 9.55. The summed E-state index contributed by atoms with van der Waals surface area (Å²) in [5.41, 5.74) is 2.71. The van der Waals surface area contributed by atoms with E-state index < -0.39 is 47.1 Å². The molecule has 2 atom stereocenters. The van der Waals surface area contributed by atoms with Gasteiger partial charge in [0, 0.05) is 12.2 Å². The van der Waals surface area contributed by atoms with Crippen LogP contribution in [0.3, 0.4) is 0 Å². The van der Waals surface area contributed by atoms with Crippen molar-refractivity contribution >= 4 is 11.9 Å². The number of halogens is 6. The predicted molar refractivity (Wildman–Crippen MR) is 118 cm³/mol. The average molecular weight is 519 g/mol. The molecule has 0 heterocycles. The van der Waals surface area contributed by atoms with Gasteiger partial charge in [0.2, 0.25) is 0 Å². The second-order valence-electron chi connectivity index (χ2n) is 7.41. The van der Waals surface area contributed by atoms with E-state index in [0.717, 1.165) is 0 Å². The molecule has 0 aromatic heterocycles. The quantitative estimate of drug-likeness (QED) is 0.240. The van der Waals surface area contributed by atoms with Gasteiger partial charge in [0.15, 0.2) is 0 Å². The minimum atomic E-state index is -4.92. The van der Waals surface area contributed by atoms with Crippen molar-refractivity contribution in [1.82, 2.24) is 0 Å². The van der Waals surface area contributed by atoms with E-state index in [1.54, 1.807) is 30.3 Å². The number of aliphatic carboxylic acids is 2. The van der Waals surface area contributed by atoms with Crippen molar-refractivity contribution in [2.24, 2.45) is 5.73 Å². The molecule has 4 N–H and O–H groups in total. The number of carboxylic acid groups (broad SMARTS) is 2. The van der Waals surface area contributed by atoms with E-state index in [0.29, 0.717) is 29.8 Å². The number of ether oxygens (including phenoxy) is 1. The summed E-state index contributed by atoms with van der Waals surface area (Å²) in [5.74, 6) is -2.51. The van der Waals surface area contributed by atoms with Gasteiger partial charge in [0.25, 0.3) is 0 Å². The van der Waals surface area contributed by atoms with E-state index in [1.807, 2.05) is 0 Å². The largest absolute Gasteiger partial charge is 0.478 e. The summed E-state index contributed by atoms with van der Waals surface area (Å²) in [7, 11) is 0. The van der Waals surface area contributed by atoms with Crippen molar-refractivity contribution in [3.05, 3.63) is 95.6 Å². The summed E-state index contributed by atoms with van der Waals surface area (Å²) in [6.45, 7) is 4.83. The number of carboxylic acids is 2. The number of alkyl halides is 6. The first-order valence-electron chi connectivity index (χ1n) is 10.0. The summed E-state index contributed by atoms with van der Waals surface area (Å²) in [6, 6.07) is 10.1. The van der Waals surface area contributed by atoms with Crippen LogP contribution in [-0.2, 0) is 32.2 Å². The first-order valence-corrected chi connectivity index (χ1v) is 10.0. The molecular weight excluding hydrogens is 496 g/mol. The number of benzene rings is 2. The highest BCUT2D eigenvalue weighted by Gasteiger charge is 2.37. The fourth-order valence-corrected chi connectivity index (χ4v) is 2.72. The topological polar surface area (TPSA) is 110 Å². The first kappa shape index (κ1) is 30.4. The molecule has 0 aliphatic rings. The van der Waals surface area contributed by atoms with Gasteiger partial charge in [-0.05, 0) is 36.2 Å². The molecule has 0 aliphatic carbocycles. The van der Waals surface area contributed by atoms with Crippen LogP contribution in [0, 0.1) is 0 Å². The summed E-state index contributed by atoms with van der Waals surface area (Å²) in [5, 5.41) is 15.6. The second kappa shape index (κ2) is 12.4. The summed E-state index contributed by atoms with van der Waals surface area (Å²) in [4.78, 5) is 19.1. The minimum Gasteiger partial charge on any atom is -0.478 e. The van der Waals surface area contributed by atoms with Gasteiger partial charge in [-0.1, -0.05) is 36.4 Å². The second-order valence-corrected chi connectivity index (χ2v) is 7.41. The Hall–Kier alpha value is -3.64. The lowest BCUT2D eigenvalue weighted by Crippen LogP contribution is -2.39. The molecule has 0 amide bonds.